The standard InChI is InChI=1S/C12H10BrClOS/c13-9-3-1-8(2-4-9)7-11(15)12-10(14)5-6-16-12/h1-6,11,15H,7H2. The Bertz CT molecular complexity index is 466. The van der Waals surface area contributed by atoms with E-state index < -0.39 is 6.10 Å². The van der Waals surface area contributed by atoms with Crippen LogP contribution in [-0.4, -0.2) is 5.11 Å². The first-order valence-electron chi connectivity index (χ1n) is 4.82. The van der Waals surface area contributed by atoms with Crippen LogP contribution in [0.5, 0.6) is 0 Å². The number of rotatable bonds is 3. The quantitative estimate of drug-likeness (QED) is 0.887. The van der Waals surface area contributed by atoms with E-state index in [-0.39, 0.29) is 0 Å². The van der Waals surface area contributed by atoms with Crippen LogP contribution < -0.4 is 0 Å². The zero-order valence-corrected chi connectivity index (χ0v) is 11.5. The first-order chi connectivity index (χ1) is 7.66. The molecule has 0 aliphatic heterocycles. The Morgan fingerprint density at radius 3 is 2.50 bits per heavy atom. The molecule has 0 aliphatic rings. The molecule has 16 heavy (non-hydrogen) atoms. The number of thiophene rings is 1. The number of benzene rings is 1. The third-order valence-corrected chi connectivity index (χ3v) is 4.28. The molecule has 1 aromatic heterocycles. The van der Waals surface area contributed by atoms with Gasteiger partial charge in [0, 0.05) is 10.9 Å². The molecule has 1 atom stereocenters. The Balaban J connectivity index is 2.10. The van der Waals surface area contributed by atoms with Gasteiger partial charge in [0.25, 0.3) is 0 Å². The van der Waals surface area contributed by atoms with E-state index in [4.69, 9.17) is 11.6 Å². The molecule has 0 spiro atoms. The fraction of sp³-hybridized carbons (Fsp3) is 0.167. The monoisotopic (exact) mass is 316 g/mol. The van der Waals surface area contributed by atoms with Crippen LogP contribution in [0.1, 0.15) is 16.5 Å². The fourth-order valence-electron chi connectivity index (χ4n) is 1.48. The van der Waals surface area contributed by atoms with Gasteiger partial charge in [-0.05, 0) is 29.1 Å². The summed E-state index contributed by atoms with van der Waals surface area (Å²) in [5.41, 5.74) is 1.10. The van der Waals surface area contributed by atoms with E-state index in [1.165, 1.54) is 11.3 Å². The van der Waals surface area contributed by atoms with Crippen molar-refractivity contribution in [1.29, 1.82) is 0 Å². The van der Waals surface area contributed by atoms with Gasteiger partial charge >= 0.3 is 0 Å². The van der Waals surface area contributed by atoms with Gasteiger partial charge in [0.2, 0.25) is 0 Å². The smallest absolute Gasteiger partial charge is 0.0937 e. The molecule has 1 heterocycles. The Labute approximate surface area is 112 Å². The van der Waals surface area contributed by atoms with Gasteiger partial charge in [-0.2, -0.15) is 0 Å². The Hall–Kier alpha value is -0.350. The highest BCUT2D eigenvalue weighted by molar-refractivity contribution is 9.10. The summed E-state index contributed by atoms with van der Waals surface area (Å²) in [6, 6.07) is 9.74. The van der Waals surface area contributed by atoms with Crippen molar-refractivity contribution < 1.29 is 5.11 Å². The van der Waals surface area contributed by atoms with Crippen molar-refractivity contribution in [3.05, 3.63) is 55.6 Å². The summed E-state index contributed by atoms with van der Waals surface area (Å²) < 4.78 is 1.04. The SMILES string of the molecule is OC(Cc1ccc(Br)cc1)c1sccc1Cl. The lowest BCUT2D eigenvalue weighted by Crippen LogP contribution is -1.99. The molecule has 2 rings (SSSR count). The maximum Gasteiger partial charge on any atom is 0.0937 e. The molecule has 84 valence electrons. The second kappa shape index (κ2) is 5.32. The predicted octanol–water partition coefficient (Wildman–Crippen LogP) is 4.44. The molecular formula is C12H10BrClOS. The van der Waals surface area contributed by atoms with Crippen LogP contribution in [0.15, 0.2) is 40.2 Å². The van der Waals surface area contributed by atoms with E-state index in [1.807, 2.05) is 35.7 Å². The van der Waals surface area contributed by atoms with Crippen molar-refractivity contribution in [1.82, 2.24) is 0 Å². The average Bonchev–Trinajstić information content (AvgIpc) is 2.68. The number of halogens is 2. The first-order valence-corrected chi connectivity index (χ1v) is 6.87. The van der Waals surface area contributed by atoms with Crippen LogP contribution in [0.3, 0.4) is 0 Å². The van der Waals surface area contributed by atoms with Gasteiger partial charge in [-0.25, -0.2) is 0 Å². The molecule has 1 unspecified atom stereocenters. The number of aliphatic hydroxyl groups excluding tert-OH is 1. The molecule has 1 aromatic carbocycles. The summed E-state index contributed by atoms with van der Waals surface area (Å²) in [6.07, 6.45) is 0.0710. The van der Waals surface area contributed by atoms with Crippen LogP contribution in [-0.2, 0) is 6.42 Å². The normalized spacial score (nSPS) is 12.7. The van der Waals surface area contributed by atoms with Gasteiger partial charge < -0.3 is 5.11 Å². The van der Waals surface area contributed by atoms with Crippen LogP contribution in [0.2, 0.25) is 5.02 Å². The lowest BCUT2D eigenvalue weighted by molar-refractivity contribution is 0.182. The summed E-state index contributed by atoms with van der Waals surface area (Å²) in [5.74, 6) is 0. The van der Waals surface area contributed by atoms with Crippen LogP contribution >= 0.6 is 38.9 Å². The van der Waals surface area contributed by atoms with Gasteiger partial charge in [-0.3, -0.25) is 0 Å². The van der Waals surface area contributed by atoms with Gasteiger partial charge in [0.1, 0.15) is 0 Å². The molecular weight excluding hydrogens is 308 g/mol. The van der Waals surface area contributed by atoms with Crippen molar-refractivity contribution in [2.75, 3.05) is 0 Å². The molecule has 0 fully saturated rings. The maximum atomic E-state index is 10.0. The van der Waals surface area contributed by atoms with E-state index in [1.54, 1.807) is 0 Å². The van der Waals surface area contributed by atoms with E-state index in [0.717, 1.165) is 14.9 Å². The Morgan fingerprint density at radius 1 is 1.25 bits per heavy atom. The third-order valence-electron chi connectivity index (χ3n) is 2.29. The van der Waals surface area contributed by atoms with Crippen LogP contribution in [0.4, 0.5) is 0 Å². The lowest BCUT2D eigenvalue weighted by Gasteiger charge is -2.09. The highest BCUT2D eigenvalue weighted by Crippen LogP contribution is 2.30. The Morgan fingerprint density at radius 2 is 1.94 bits per heavy atom. The number of hydrogen-bond donors (Lipinski definition) is 1. The second-order valence-electron chi connectivity index (χ2n) is 3.48. The molecule has 0 radical (unpaired) electrons. The second-order valence-corrected chi connectivity index (χ2v) is 5.75. The van der Waals surface area contributed by atoms with Crippen molar-refractivity contribution in [2.24, 2.45) is 0 Å². The highest BCUT2D eigenvalue weighted by Gasteiger charge is 2.13. The van der Waals surface area contributed by atoms with E-state index in [0.29, 0.717) is 11.4 Å². The average molecular weight is 318 g/mol. The highest BCUT2D eigenvalue weighted by atomic mass is 79.9. The van der Waals surface area contributed by atoms with Gasteiger partial charge in [-0.1, -0.05) is 39.7 Å². The predicted molar refractivity (Wildman–Crippen MR) is 72.1 cm³/mol. The summed E-state index contributed by atoms with van der Waals surface area (Å²) in [6.45, 7) is 0. The molecule has 4 heteroatoms. The minimum absolute atomic E-state index is 0.520. The molecule has 1 N–H and O–H groups in total. The van der Waals surface area contributed by atoms with Crippen molar-refractivity contribution >= 4 is 38.9 Å². The van der Waals surface area contributed by atoms with Crippen LogP contribution in [0.25, 0.3) is 0 Å². The molecule has 2 aromatic rings. The molecule has 0 bridgehead atoms. The molecule has 0 aliphatic carbocycles. The van der Waals surface area contributed by atoms with E-state index >= 15 is 0 Å². The van der Waals surface area contributed by atoms with Gasteiger partial charge in [0.15, 0.2) is 0 Å². The molecule has 0 saturated heterocycles. The lowest BCUT2D eigenvalue weighted by atomic mass is 10.1. The van der Waals surface area contributed by atoms with Crippen LogP contribution in [0, 0.1) is 0 Å². The Kier molecular flexibility index (Phi) is 4.03. The zero-order chi connectivity index (χ0) is 11.5. The maximum absolute atomic E-state index is 10.0. The first kappa shape index (κ1) is 12.1. The summed E-state index contributed by atoms with van der Waals surface area (Å²) >= 11 is 10.8. The molecule has 0 amide bonds. The van der Waals surface area contributed by atoms with Crippen molar-refractivity contribution in [3.63, 3.8) is 0 Å². The summed E-state index contributed by atoms with van der Waals surface area (Å²) in [5, 5.41) is 12.6. The molecule has 1 nitrogen and oxygen atoms in total. The van der Waals surface area contributed by atoms with Gasteiger partial charge in [-0.15, -0.1) is 11.3 Å². The fourth-order valence-corrected chi connectivity index (χ4v) is 2.91. The topological polar surface area (TPSA) is 20.2 Å². The van der Waals surface area contributed by atoms with Gasteiger partial charge in [0.05, 0.1) is 16.0 Å². The molecule has 0 saturated carbocycles. The van der Waals surface area contributed by atoms with E-state index in [2.05, 4.69) is 15.9 Å². The zero-order valence-electron chi connectivity index (χ0n) is 8.36. The summed E-state index contributed by atoms with van der Waals surface area (Å²) in [4.78, 5) is 0.838. The third kappa shape index (κ3) is 2.86. The van der Waals surface area contributed by atoms with E-state index in [9.17, 15) is 5.11 Å². The van der Waals surface area contributed by atoms with Crippen molar-refractivity contribution in [3.8, 4) is 0 Å². The van der Waals surface area contributed by atoms with Crippen molar-refractivity contribution in [2.45, 2.75) is 12.5 Å². The minimum atomic E-state index is -0.520. The summed E-state index contributed by atoms with van der Waals surface area (Å²) in [7, 11) is 0. The largest absolute Gasteiger partial charge is 0.387 e. The number of aliphatic hydroxyl groups is 1. The minimum Gasteiger partial charge on any atom is -0.387 e. The number of hydrogen-bond acceptors (Lipinski definition) is 2.